The van der Waals surface area contributed by atoms with Crippen LogP contribution in [-0.4, -0.2) is 42.4 Å². The molecule has 28 heavy (non-hydrogen) atoms. The number of ether oxygens (including phenoxy) is 1. The molecular formula is C20H23N3O4S. The van der Waals surface area contributed by atoms with Crippen LogP contribution >= 0.6 is 11.8 Å². The molecule has 0 aliphatic rings. The Hall–Kier alpha value is -3.00. The molecule has 0 bridgehead atoms. The first kappa shape index (κ1) is 21.3. The predicted octanol–water partition coefficient (Wildman–Crippen LogP) is 2.04. The Morgan fingerprint density at radius 1 is 1.07 bits per heavy atom. The molecule has 2 rings (SSSR count). The van der Waals surface area contributed by atoms with E-state index in [-0.39, 0.29) is 18.4 Å². The SMILES string of the molecule is CSCC[C@@H](NC(=O)COc1ccccc1)C(=O)Nc1ccc(C(N)=O)cc1. The van der Waals surface area contributed by atoms with Gasteiger partial charge in [0, 0.05) is 11.3 Å². The van der Waals surface area contributed by atoms with Crippen molar-refractivity contribution in [3.8, 4) is 5.75 Å². The highest BCUT2D eigenvalue weighted by Crippen LogP contribution is 2.11. The summed E-state index contributed by atoms with van der Waals surface area (Å²) in [5.74, 6) is 0.0280. The monoisotopic (exact) mass is 401 g/mol. The van der Waals surface area contributed by atoms with Crippen LogP contribution in [0.2, 0.25) is 0 Å². The smallest absolute Gasteiger partial charge is 0.258 e. The van der Waals surface area contributed by atoms with E-state index in [2.05, 4.69) is 10.6 Å². The fourth-order valence-electron chi connectivity index (χ4n) is 2.35. The first-order valence-electron chi connectivity index (χ1n) is 8.66. The molecule has 148 valence electrons. The summed E-state index contributed by atoms with van der Waals surface area (Å²) < 4.78 is 5.41. The third kappa shape index (κ3) is 6.96. The van der Waals surface area contributed by atoms with Crippen LogP contribution in [0.25, 0.3) is 0 Å². The first-order valence-corrected chi connectivity index (χ1v) is 10.1. The van der Waals surface area contributed by atoms with Crippen molar-refractivity contribution in [2.45, 2.75) is 12.5 Å². The van der Waals surface area contributed by atoms with Gasteiger partial charge in [0.15, 0.2) is 6.61 Å². The average molecular weight is 401 g/mol. The Labute approximate surface area is 168 Å². The number of hydrogen-bond acceptors (Lipinski definition) is 5. The van der Waals surface area contributed by atoms with E-state index in [1.807, 2.05) is 24.5 Å². The van der Waals surface area contributed by atoms with Gasteiger partial charge in [-0.3, -0.25) is 14.4 Å². The largest absolute Gasteiger partial charge is 0.484 e. The van der Waals surface area contributed by atoms with Crippen LogP contribution in [-0.2, 0) is 9.59 Å². The molecule has 0 aromatic heterocycles. The van der Waals surface area contributed by atoms with Crippen molar-refractivity contribution in [3.63, 3.8) is 0 Å². The van der Waals surface area contributed by atoms with Crippen LogP contribution in [0.1, 0.15) is 16.8 Å². The maximum atomic E-state index is 12.6. The molecule has 1 atom stereocenters. The van der Waals surface area contributed by atoms with Crippen molar-refractivity contribution >= 4 is 35.2 Å². The summed E-state index contributed by atoms with van der Waals surface area (Å²) in [6.45, 7) is -0.180. The fourth-order valence-corrected chi connectivity index (χ4v) is 2.82. The van der Waals surface area contributed by atoms with Crippen molar-refractivity contribution < 1.29 is 19.1 Å². The molecule has 0 saturated carbocycles. The zero-order valence-corrected chi connectivity index (χ0v) is 16.3. The maximum Gasteiger partial charge on any atom is 0.258 e. The summed E-state index contributed by atoms with van der Waals surface area (Å²) in [5, 5.41) is 5.45. The zero-order valence-electron chi connectivity index (χ0n) is 15.5. The molecule has 2 aromatic rings. The lowest BCUT2D eigenvalue weighted by Crippen LogP contribution is -2.45. The highest BCUT2D eigenvalue weighted by molar-refractivity contribution is 7.98. The van der Waals surface area contributed by atoms with Crippen molar-refractivity contribution in [2.24, 2.45) is 5.73 Å². The van der Waals surface area contributed by atoms with Gasteiger partial charge in [-0.15, -0.1) is 0 Å². The number of rotatable bonds is 10. The summed E-state index contributed by atoms with van der Waals surface area (Å²) in [5.41, 5.74) is 6.07. The lowest BCUT2D eigenvalue weighted by molar-refractivity contribution is -0.127. The summed E-state index contributed by atoms with van der Waals surface area (Å²) in [4.78, 5) is 35.9. The number of hydrogen-bond donors (Lipinski definition) is 3. The molecule has 2 aromatic carbocycles. The van der Waals surface area contributed by atoms with Crippen LogP contribution in [0.3, 0.4) is 0 Å². The van der Waals surface area contributed by atoms with E-state index in [1.165, 1.54) is 12.1 Å². The second-order valence-electron chi connectivity index (χ2n) is 5.93. The molecule has 0 aliphatic heterocycles. The summed E-state index contributed by atoms with van der Waals surface area (Å²) >= 11 is 1.58. The second kappa shape index (κ2) is 11.0. The van der Waals surface area contributed by atoms with Gasteiger partial charge in [0.25, 0.3) is 5.91 Å². The standard InChI is InChI=1S/C20H23N3O4S/c1-28-12-11-17(23-18(24)13-27-16-5-3-2-4-6-16)20(26)22-15-9-7-14(8-10-15)19(21)25/h2-10,17H,11-13H2,1H3,(H2,21,25)(H,22,26)(H,23,24)/t17-/m1/s1. The topological polar surface area (TPSA) is 111 Å². The van der Waals surface area contributed by atoms with Crippen LogP contribution in [0.5, 0.6) is 5.75 Å². The van der Waals surface area contributed by atoms with Crippen molar-refractivity contribution in [1.29, 1.82) is 0 Å². The number of carbonyl (C=O) groups is 3. The van der Waals surface area contributed by atoms with E-state index >= 15 is 0 Å². The Kier molecular flexibility index (Phi) is 8.36. The first-order chi connectivity index (χ1) is 13.5. The molecule has 0 saturated heterocycles. The number of nitrogens with two attached hydrogens (primary N) is 1. The van der Waals surface area contributed by atoms with E-state index in [0.717, 1.165) is 0 Å². The number of benzene rings is 2. The van der Waals surface area contributed by atoms with E-state index in [1.54, 1.807) is 36.0 Å². The second-order valence-corrected chi connectivity index (χ2v) is 6.92. The molecule has 0 spiro atoms. The van der Waals surface area contributed by atoms with Crippen LogP contribution < -0.4 is 21.1 Å². The van der Waals surface area contributed by atoms with Crippen molar-refractivity contribution in [3.05, 3.63) is 60.2 Å². The average Bonchev–Trinajstić information content (AvgIpc) is 2.70. The van der Waals surface area contributed by atoms with E-state index in [4.69, 9.17) is 10.5 Å². The lowest BCUT2D eigenvalue weighted by atomic mass is 10.1. The van der Waals surface area contributed by atoms with Gasteiger partial charge in [0.05, 0.1) is 0 Å². The number of primary amides is 1. The van der Waals surface area contributed by atoms with E-state index in [9.17, 15) is 14.4 Å². The van der Waals surface area contributed by atoms with Gasteiger partial charge in [-0.2, -0.15) is 11.8 Å². The van der Waals surface area contributed by atoms with Gasteiger partial charge < -0.3 is 21.1 Å². The summed E-state index contributed by atoms with van der Waals surface area (Å²) in [7, 11) is 0. The molecular weight excluding hydrogens is 378 g/mol. The Morgan fingerprint density at radius 3 is 2.36 bits per heavy atom. The van der Waals surface area contributed by atoms with Gasteiger partial charge in [-0.1, -0.05) is 18.2 Å². The van der Waals surface area contributed by atoms with Gasteiger partial charge in [-0.25, -0.2) is 0 Å². The lowest BCUT2D eigenvalue weighted by Gasteiger charge is -2.18. The molecule has 0 radical (unpaired) electrons. The number of para-hydroxylation sites is 1. The van der Waals surface area contributed by atoms with Gasteiger partial charge in [0.1, 0.15) is 11.8 Å². The minimum absolute atomic E-state index is 0.180. The Balaban J connectivity index is 1.93. The quantitative estimate of drug-likeness (QED) is 0.564. The number of anilines is 1. The van der Waals surface area contributed by atoms with Crippen LogP contribution in [0, 0.1) is 0 Å². The zero-order chi connectivity index (χ0) is 20.4. The minimum atomic E-state index is -0.699. The number of nitrogens with one attached hydrogen (secondary N) is 2. The molecule has 0 heterocycles. The minimum Gasteiger partial charge on any atom is -0.484 e. The summed E-state index contributed by atoms with van der Waals surface area (Å²) in [6.07, 6.45) is 2.40. The van der Waals surface area contributed by atoms with Gasteiger partial charge in [-0.05, 0) is 54.8 Å². The third-order valence-electron chi connectivity index (χ3n) is 3.81. The molecule has 0 unspecified atom stereocenters. The van der Waals surface area contributed by atoms with E-state index < -0.39 is 11.9 Å². The Morgan fingerprint density at radius 2 is 1.75 bits per heavy atom. The number of carbonyl (C=O) groups excluding carboxylic acids is 3. The molecule has 8 heteroatoms. The molecule has 0 aliphatic carbocycles. The molecule has 0 fully saturated rings. The number of thioether (sulfide) groups is 1. The number of amides is 3. The normalized spacial score (nSPS) is 11.3. The molecule has 7 nitrogen and oxygen atoms in total. The van der Waals surface area contributed by atoms with Crippen molar-refractivity contribution in [2.75, 3.05) is 23.9 Å². The predicted molar refractivity (Wildman–Crippen MR) is 110 cm³/mol. The maximum absolute atomic E-state index is 12.6. The molecule has 3 amide bonds. The van der Waals surface area contributed by atoms with Crippen LogP contribution in [0.15, 0.2) is 54.6 Å². The summed E-state index contributed by atoms with van der Waals surface area (Å²) in [6, 6.07) is 14.5. The van der Waals surface area contributed by atoms with E-state index in [0.29, 0.717) is 29.2 Å². The highest BCUT2D eigenvalue weighted by Gasteiger charge is 2.21. The van der Waals surface area contributed by atoms with Gasteiger partial charge >= 0.3 is 0 Å². The Bertz CT molecular complexity index is 797. The molecule has 4 N–H and O–H groups in total. The fraction of sp³-hybridized carbons (Fsp3) is 0.250. The van der Waals surface area contributed by atoms with Crippen LogP contribution in [0.4, 0.5) is 5.69 Å². The van der Waals surface area contributed by atoms with Gasteiger partial charge in [0.2, 0.25) is 11.8 Å². The highest BCUT2D eigenvalue weighted by atomic mass is 32.2. The third-order valence-corrected chi connectivity index (χ3v) is 4.46. The van der Waals surface area contributed by atoms with Crippen molar-refractivity contribution in [1.82, 2.24) is 5.32 Å².